The minimum Gasteiger partial charge on any atom is -0.493 e. The average Bonchev–Trinajstić information content (AvgIpc) is 2.57. The number of aromatic amines is 1. The summed E-state index contributed by atoms with van der Waals surface area (Å²) in [4.78, 5) is 21.6. The predicted molar refractivity (Wildman–Crippen MR) is 114 cm³/mol. The van der Waals surface area contributed by atoms with Crippen LogP contribution in [0.25, 0.3) is 0 Å². The number of rotatable bonds is 14. The van der Waals surface area contributed by atoms with Gasteiger partial charge in [0.1, 0.15) is 0 Å². The molecule has 0 aliphatic carbocycles. The number of H-pyrrole nitrogens is 1. The third-order valence-corrected chi connectivity index (χ3v) is 5.08. The summed E-state index contributed by atoms with van der Waals surface area (Å²) in [6.45, 7) is 9.72. The first-order chi connectivity index (χ1) is 12.1. The van der Waals surface area contributed by atoms with E-state index in [9.17, 15) is 9.90 Å². The van der Waals surface area contributed by atoms with Crippen molar-refractivity contribution in [1.82, 2.24) is 14.9 Å². The molecule has 0 saturated heterocycles. The lowest BCUT2D eigenvalue weighted by Crippen LogP contribution is -2.28. The molecule has 1 aromatic rings. The van der Waals surface area contributed by atoms with E-state index in [1.807, 2.05) is 0 Å². The Balaban J connectivity index is 0.00000625. The second-order valence-corrected chi connectivity index (χ2v) is 7.61. The van der Waals surface area contributed by atoms with Crippen molar-refractivity contribution < 1.29 is 5.11 Å². The second kappa shape index (κ2) is 15.3. The minimum atomic E-state index is -0.190. The Morgan fingerprint density at radius 2 is 1.65 bits per heavy atom. The van der Waals surface area contributed by atoms with Gasteiger partial charge in [-0.3, -0.25) is 4.79 Å². The number of thioether (sulfide) groups is 1. The van der Waals surface area contributed by atoms with Gasteiger partial charge in [0.15, 0.2) is 5.16 Å². The average molecular weight is 406 g/mol. The maximum absolute atomic E-state index is 12.2. The molecule has 26 heavy (non-hydrogen) atoms. The number of unbranched alkanes of at least 4 members (excludes halogenated alkanes) is 4. The van der Waals surface area contributed by atoms with Crippen LogP contribution in [0.4, 0.5) is 0 Å². The van der Waals surface area contributed by atoms with Crippen molar-refractivity contribution >= 4 is 24.2 Å². The summed E-state index contributed by atoms with van der Waals surface area (Å²) in [5.41, 5.74) is 0.240. The van der Waals surface area contributed by atoms with Gasteiger partial charge >= 0.3 is 0 Å². The summed E-state index contributed by atoms with van der Waals surface area (Å²) in [5.74, 6) is 0.763. The number of nitrogens with zero attached hydrogens (tertiary/aromatic N) is 2. The van der Waals surface area contributed by atoms with Crippen LogP contribution >= 0.6 is 24.2 Å². The van der Waals surface area contributed by atoms with E-state index < -0.39 is 0 Å². The summed E-state index contributed by atoms with van der Waals surface area (Å²) in [6.07, 6.45) is 8.52. The highest BCUT2D eigenvalue weighted by Crippen LogP contribution is 2.18. The van der Waals surface area contributed by atoms with E-state index in [1.165, 1.54) is 31.0 Å². The fraction of sp³-hybridized carbons (Fsp3) is 0.789. The van der Waals surface area contributed by atoms with Gasteiger partial charge in [-0.05, 0) is 38.8 Å². The second-order valence-electron chi connectivity index (χ2n) is 6.53. The zero-order valence-electron chi connectivity index (χ0n) is 16.6. The fourth-order valence-corrected chi connectivity index (χ4v) is 3.76. The molecule has 152 valence electrons. The largest absolute Gasteiger partial charge is 0.493 e. The monoisotopic (exact) mass is 405 g/mol. The molecule has 0 radical (unpaired) electrons. The summed E-state index contributed by atoms with van der Waals surface area (Å²) >= 11 is 1.50. The Kier molecular flexibility index (Phi) is 14.9. The van der Waals surface area contributed by atoms with Gasteiger partial charge in [-0.1, -0.05) is 58.2 Å². The summed E-state index contributed by atoms with van der Waals surface area (Å²) in [5, 5.41) is 10.6. The first kappa shape index (κ1) is 25.3. The highest BCUT2D eigenvalue weighted by atomic mass is 35.5. The van der Waals surface area contributed by atoms with E-state index >= 15 is 0 Å². The Labute approximate surface area is 168 Å². The number of aromatic nitrogens is 2. The highest BCUT2D eigenvalue weighted by Gasteiger charge is 2.11. The number of halogens is 1. The molecule has 2 N–H and O–H groups in total. The molecule has 0 spiro atoms. The van der Waals surface area contributed by atoms with Crippen LogP contribution in [-0.4, -0.2) is 45.4 Å². The molecule has 5 nitrogen and oxygen atoms in total. The molecule has 0 aliphatic heterocycles. The fourth-order valence-electron chi connectivity index (χ4n) is 2.90. The lowest BCUT2D eigenvalue weighted by Gasteiger charge is -2.20. The molecule has 0 bridgehead atoms. The van der Waals surface area contributed by atoms with Crippen molar-refractivity contribution in [2.45, 2.75) is 77.3 Å². The van der Waals surface area contributed by atoms with Crippen molar-refractivity contribution in [3.63, 3.8) is 0 Å². The third-order valence-electron chi connectivity index (χ3n) is 4.23. The van der Waals surface area contributed by atoms with Gasteiger partial charge in [0.05, 0.1) is 5.56 Å². The predicted octanol–water partition coefficient (Wildman–Crippen LogP) is 4.62. The molecule has 0 atom stereocenters. The number of hydrogen-bond donors (Lipinski definition) is 2. The van der Waals surface area contributed by atoms with Crippen LogP contribution in [0.15, 0.2) is 9.95 Å². The van der Waals surface area contributed by atoms with E-state index in [0.29, 0.717) is 17.1 Å². The SMILES string of the molecule is CCCCCCCc1c(O)nc(SCCN(CCC)CCC)[nH]c1=O.Cl. The number of aromatic hydroxyl groups is 1. The van der Waals surface area contributed by atoms with E-state index in [-0.39, 0.29) is 23.8 Å². The molecule has 1 heterocycles. The molecular formula is C19H36ClN3O2S. The lowest BCUT2D eigenvalue weighted by molar-refractivity contribution is 0.292. The quantitative estimate of drug-likeness (QED) is 0.268. The van der Waals surface area contributed by atoms with Gasteiger partial charge in [-0.25, -0.2) is 0 Å². The first-order valence-corrected chi connectivity index (χ1v) is 10.8. The maximum atomic E-state index is 12.2. The van der Waals surface area contributed by atoms with Crippen LogP contribution in [0.2, 0.25) is 0 Å². The van der Waals surface area contributed by atoms with Gasteiger partial charge in [0.25, 0.3) is 5.56 Å². The third kappa shape index (κ3) is 9.83. The molecule has 7 heteroatoms. The lowest BCUT2D eigenvalue weighted by atomic mass is 10.1. The Morgan fingerprint density at radius 3 is 2.23 bits per heavy atom. The molecule has 0 aliphatic rings. The van der Waals surface area contributed by atoms with Gasteiger partial charge in [0, 0.05) is 12.3 Å². The van der Waals surface area contributed by atoms with E-state index in [2.05, 4.69) is 35.6 Å². The van der Waals surface area contributed by atoms with E-state index in [4.69, 9.17) is 0 Å². The Morgan fingerprint density at radius 1 is 1.00 bits per heavy atom. The van der Waals surface area contributed by atoms with Crippen LogP contribution in [0.1, 0.15) is 71.3 Å². The summed E-state index contributed by atoms with van der Waals surface area (Å²) in [6, 6.07) is 0. The zero-order chi connectivity index (χ0) is 18.5. The molecule has 0 saturated carbocycles. The van der Waals surface area contributed by atoms with Crippen LogP contribution < -0.4 is 5.56 Å². The van der Waals surface area contributed by atoms with Crippen molar-refractivity contribution in [2.75, 3.05) is 25.4 Å². The molecule has 1 aromatic heterocycles. The van der Waals surface area contributed by atoms with Crippen LogP contribution in [0.5, 0.6) is 5.88 Å². The van der Waals surface area contributed by atoms with Gasteiger partial charge < -0.3 is 15.0 Å². The van der Waals surface area contributed by atoms with Gasteiger partial charge in [0.2, 0.25) is 5.88 Å². The minimum absolute atomic E-state index is 0. The van der Waals surface area contributed by atoms with Crippen molar-refractivity contribution in [3.05, 3.63) is 15.9 Å². The van der Waals surface area contributed by atoms with Crippen molar-refractivity contribution in [3.8, 4) is 5.88 Å². The van der Waals surface area contributed by atoms with E-state index in [1.54, 1.807) is 0 Å². The smallest absolute Gasteiger partial charge is 0.258 e. The number of nitrogens with one attached hydrogen (secondary N) is 1. The van der Waals surface area contributed by atoms with Crippen LogP contribution in [0, 0.1) is 0 Å². The Hall–Kier alpha value is -0.720. The standard InChI is InChI=1S/C19H35N3O2S.ClH/c1-4-7-8-9-10-11-16-17(23)20-19(21-18(16)24)25-15-14-22(12-5-2)13-6-3;/h4-15H2,1-3H3,(H2,20,21,23,24);1H. The molecule has 0 fully saturated rings. The Bertz CT molecular complexity index is 534. The van der Waals surface area contributed by atoms with E-state index in [0.717, 1.165) is 51.1 Å². The molecule has 0 amide bonds. The summed E-state index contributed by atoms with van der Waals surface area (Å²) in [7, 11) is 0. The molecule has 0 aromatic carbocycles. The van der Waals surface area contributed by atoms with Gasteiger partial charge in [-0.15, -0.1) is 12.4 Å². The molecule has 1 rings (SSSR count). The van der Waals surface area contributed by atoms with Crippen molar-refractivity contribution in [1.29, 1.82) is 0 Å². The molecular weight excluding hydrogens is 370 g/mol. The number of hydrogen-bond acceptors (Lipinski definition) is 5. The topological polar surface area (TPSA) is 69.2 Å². The zero-order valence-corrected chi connectivity index (χ0v) is 18.2. The first-order valence-electron chi connectivity index (χ1n) is 9.79. The maximum Gasteiger partial charge on any atom is 0.258 e. The molecule has 0 unspecified atom stereocenters. The van der Waals surface area contributed by atoms with Crippen LogP contribution in [0.3, 0.4) is 0 Å². The normalized spacial score (nSPS) is 10.9. The highest BCUT2D eigenvalue weighted by molar-refractivity contribution is 7.99. The van der Waals surface area contributed by atoms with Crippen LogP contribution in [-0.2, 0) is 6.42 Å². The summed E-state index contributed by atoms with van der Waals surface area (Å²) < 4.78 is 0. The van der Waals surface area contributed by atoms with Crippen molar-refractivity contribution in [2.24, 2.45) is 0 Å². The van der Waals surface area contributed by atoms with Gasteiger partial charge in [-0.2, -0.15) is 4.98 Å².